The fourth-order valence-electron chi connectivity index (χ4n) is 3.62. The summed E-state index contributed by atoms with van der Waals surface area (Å²) in [5, 5.41) is 5.02. The van der Waals surface area contributed by atoms with E-state index in [1.54, 1.807) is 27.9 Å². The van der Waals surface area contributed by atoms with Gasteiger partial charge in [-0.1, -0.05) is 0 Å². The molecule has 4 rings (SSSR count). The van der Waals surface area contributed by atoms with Crippen molar-refractivity contribution in [1.29, 1.82) is 0 Å². The molecule has 3 aromatic rings. The fraction of sp³-hybridized carbons (Fsp3) is 0.455. The van der Waals surface area contributed by atoms with Gasteiger partial charge < -0.3 is 14.4 Å². The molecule has 0 radical (unpaired) electrons. The minimum atomic E-state index is -3.29. The molecule has 1 aliphatic rings. The summed E-state index contributed by atoms with van der Waals surface area (Å²) in [6, 6.07) is 6.41. The zero-order chi connectivity index (χ0) is 23.8. The smallest absolute Gasteiger partial charge is 0.410 e. The zero-order valence-corrected chi connectivity index (χ0v) is 19.9. The Morgan fingerprint density at radius 1 is 1.15 bits per heavy atom. The number of hydrogen-bond donors (Lipinski definition) is 0. The van der Waals surface area contributed by atoms with Gasteiger partial charge in [-0.25, -0.2) is 27.9 Å². The van der Waals surface area contributed by atoms with Crippen molar-refractivity contribution in [3.8, 4) is 11.6 Å². The molecule has 2 aromatic heterocycles. The predicted octanol–water partition coefficient (Wildman–Crippen LogP) is 3.00. The molecule has 0 N–H and O–H groups in total. The van der Waals surface area contributed by atoms with Gasteiger partial charge in [-0.05, 0) is 57.9 Å². The molecule has 1 atom stereocenters. The van der Waals surface area contributed by atoms with E-state index in [0.717, 1.165) is 19.1 Å². The first kappa shape index (κ1) is 23.0. The highest BCUT2D eigenvalue weighted by molar-refractivity contribution is 7.90. The van der Waals surface area contributed by atoms with Crippen LogP contribution in [0.25, 0.3) is 16.7 Å². The SMILES string of the molecule is CC(C)(C)OC(=O)N1CCCC(Oc2ncnc3c2cnn3-c2ccc(S(C)(=O)=O)cc2)C1. The van der Waals surface area contributed by atoms with Crippen molar-refractivity contribution in [3.05, 3.63) is 36.8 Å². The van der Waals surface area contributed by atoms with Crippen molar-refractivity contribution in [2.24, 2.45) is 0 Å². The molecule has 176 valence electrons. The fourth-order valence-corrected chi connectivity index (χ4v) is 4.26. The molecule has 0 saturated carbocycles. The van der Waals surface area contributed by atoms with E-state index in [1.165, 1.54) is 18.5 Å². The van der Waals surface area contributed by atoms with Gasteiger partial charge in [-0.2, -0.15) is 5.10 Å². The normalized spacial score (nSPS) is 17.2. The Morgan fingerprint density at radius 2 is 1.88 bits per heavy atom. The number of carbonyl (C=O) groups excluding carboxylic acids is 1. The average molecular weight is 474 g/mol. The van der Waals surface area contributed by atoms with Crippen LogP contribution in [0.15, 0.2) is 41.7 Å². The summed E-state index contributed by atoms with van der Waals surface area (Å²) in [5.41, 5.74) is 0.639. The number of ether oxygens (including phenoxy) is 2. The Morgan fingerprint density at radius 3 is 2.55 bits per heavy atom. The first-order valence-electron chi connectivity index (χ1n) is 10.6. The highest BCUT2D eigenvalue weighted by Crippen LogP contribution is 2.26. The Bertz CT molecular complexity index is 1260. The van der Waals surface area contributed by atoms with Crippen LogP contribution in [0.3, 0.4) is 0 Å². The molecule has 1 aromatic carbocycles. The first-order chi connectivity index (χ1) is 15.5. The second-order valence-electron chi connectivity index (χ2n) is 9.05. The van der Waals surface area contributed by atoms with Crippen molar-refractivity contribution < 1.29 is 22.7 Å². The largest absolute Gasteiger partial charge is 0.472 e. The van der Waals surface area contributed by atoms with Gasteiger partial charge in [-0.3, -0.25) is 0 Å². The lowest BCUT2D eigenvalue weighted by Gasteiger charge is -2.33. The Balaban J connectivity index is 1.54. The van der Waals surface area contributed by atoms with Crippen molar-refractivity contribution in [1.82, 2.24) is 24.6 Å². The number of rotatable bonds is 4. The monoisotopic (exact) mass is 473 g/mol. The third kappa shape index (κ3) is 5.24. The van der Waals surface area contributed by atoms with Crippen molar-refractivity contribution in [2.45, 2.75) is 50.2 Å². The van der Waals surface area contributed by atoms with Crippen molar-refractivity contribution >= 4 is 27.0 Å². The van der Waals surface area contributed by atoms with Gasteiger partial charge in [0.2, 0.25) is 5.88 Å². The number of aromatic nitrogens is 4. The van der Waals surface area contributed by atoms with E-state index in [2.05, 4.69) is 15.1 Å². The van der Waals surface area contributed by atoms with E-state index in [1.807, 2.05) is 20.8 Å². The Labute approximate surface area is 192 Å². The van der Waals surface area contributed by atoms with Gasteiger partial charge >= 0.3 is 6.09 Å². The maximum Gasteiger partial charge on any atom is 0.410 e. The molecule has 0 aliphatic carbocycles. The molecule has 11 heteroatoms. The van der Waals surface area contributed by atoms with Gasteiger partial charge in [0.1, 0.15) is 23.4 Å². The van der Waals surface area contributed by atoms with Gasteiger partial charge in [0.25, 0.3) is 0 Å². The first-order valence-corrected chi connectivity index (χ1v) is 12.5. The van der Waals surface area contributed by atoms with Crippen LogP contribution in [-0.2, 0) is 14.6 Å². The summed E-state index contributed by atoms with van der Waals surface area (Å²) in [6.07, 6.45) is 5.17. The van der Waals surface area contributed by atoms with E-state index >= 15 is 0 Å². The van der Waals surface area contributed by atoms with E-state index in [4.69, 9.17) is 9.47 Å². The van der Waals surface area contributed by atoms with Crippen molar-refractivity contribution in [3.63, 3.8) is 0 Å². The van der Waals surface area contributed by atoms with Crippen LogP contribution >= 0.6 is 0 Å². The third-order valence-electron chi connectivity index (χ3n) is 5.15. The third-order valence-corrected chi connectivity index (χ3v) is 6.28. The van der Waals surface area contributed by atoms with E-state index in [9.17, 15) is 13.2 Å². The number of amides is 1. The molecule has 1 aliphatic heterocycles. The lowest BCUT2D eigenvalue weighted by atomic mass is 10.1. The van der Waals surface area contributed by atoms with E-state index in [0.29, 0.717) is 35.7 Å². The minimum absolute atomic E-state index is 0.230. The molecule has 0 bridgehead atoms. The predicted molar refractivity (Wildman–Crippen MR) is 121 cm³/mol. The van der Waals surface area contributed by atoms with Gasteiger partial charge in [-0.15, -0.1) is 0 Å². The maximum absolute atomic E-state index is 12.4. The molecule has 3 heterocycles. The molecular weight excluding hydrogens is 446 g/mol. The van der Waals surface area contributed by atoms with Crippen LogP contribution in [-0.4, -0.2) is 70.2 Å². The summed E-state index contributed by atoms with van der Waals surface area (Å²) in [5.74, 6) is 0.384. The zero-order valence-electron chi connectivity index (χ0n) is 19.1. The number of carbonyl (C=O) groups is 1. The maximum atomic E-state index is 12.4. The number of hydrogen-bond acceptors (Lipinski definition) is 8. The minimum Gasteiger partial charge on any atom is -0.472 e. The number of likely N-dealkylation sites (tertiary alicyclic amines) is 1. The molecule has 1 fully saturated rings. The molecule has 1 amide bonds. The quantitative estimate of drug-likeness (QED) is 0.568. The standard InChI is InChI=1S/C22H27N5O5S/c1-22(2,3)32-21(28)26-11-5-6-16(13-26)31-20-18-12-25-27(19(18)23-14-24-20)15-7-9-17(10-8-15)33(4,29)30/h7-10,12,14,16H,5-6,11,13H2,1-4H3. The van der Waals surface area contributed by atoms with Gasteiger partial charge in [0.15, 0.2) is 15.5 Å². The van der Waals surface area contributed by atoms with Crippen LogP contribution in [0.4, 0.5) is 4.79 Å². The van der Waals surface area contributed by atoms with Crippen LogP contribution in [0.2, 0.25) is 0 Å². The van der Waals surface area contributed by atoms with E-state index < -0.39 is 15.4 Å². The van der Waals surface area contributed by atoms with Crippen LogP contribution < -0.4 is 4.74 Å². The lowest BCUT2D eigenvalue weighted by molar-refractivity contribution is 0.00741. The lowest BCUT2D eigenvalue weighted by Crippen LogP contribution is -2.46. The number of sulfone groups is 1. The van der Waals surface area contributed by atoms with Crippen LogP contribution in [0.1, 0.15) is 33.6 Å². The highest BCUT2D eigenvalue weighted by atomic mass is 32.2. The molecule has 1 saturated heterocycles. The molecule has 33 heavy (non-hydrogen) atoms. The summed E-state index contributed by atoms with van der Waals surface area (Å²) in [7, 11) is -3.29. The molecule has 1 unspecified atom stereocenters. The van der Waals surface area contributed by atoms with Crippen LogP contribution in [0, 0.1) is 0 Å². The van der Waals surface area contributed by atoms with Gasteiger partial charge in [0.05, 0.1) is 23.3 Å². The highest BCUT2D eigenvalue weighted by Gasteiger charge is 2.29. The molecular formula is C22H27N5O5S. The molecule has 0 spiro atoms. The average Bonchev–Trinajstić information content (AvgIpc) is 3.17. The van der Waals surface area contributed by atoms with Crippen LogP contribution in [0.5, 0.6) is 5.88 Å². The number of benzene rings is 1. The topological polar surface area (TPSA) is 117 Å². The van der Waals surface area contributed by atoms with E-state index in [-0.39, 0.29) is 17.1 Å². The van der Waals surface area contributed by atoms with Crippen molar-refractivity contribution in [2.75, 3.05) is 19.3 Å². The second kappa shape index (κ2) is 8.62. The van der Waals surface area contributed by atoms with Gasteiger partial charge in [0, 0.05) is 12.8 Å². The molecule has 10 nitrogen and oxygen atoms in total. The Hall–Kier alpha value is -3.21. The number of nitrogens with zero attached hydrogens (tertiary/aromatic N) is 5. The number of fused-ring (bicyclic) bond motifs is 1. The summed E-state index contributed by atoms with van der Waals surface area (Å²) in [6.45, 7) is 6.54. The second-order valence-corrected chi connectivity index (χ2v) is 11.1. The summed E-state index contributed by atoms with van der Waals surface area (Å²) in [4.78, 5) is 22.9. The summed E-state index contributed by atoms with van der Waals surface area (Å²) >= 11 is 0. The summed E-state index contributed by atoms with van der Waals surface area (Å²) < 4.78 is 36.7. The Kier molecular flexibility index (Phi) is 6.00. The number of piperidine rings is 1.